The SMILES string of the molecule is CCC(NC(=O)c1cccc(-c2ccc(O)c3c2C[C@H]2C[C@H]4[C@H](N(C)C)C(=O)C(C(N)=O)C(=O)[C@@]4(O)C(=O)C2C3=O)c1)C(=O)OC. The molecule has 13 nitrogen and oxygen atoms in total. The summed E-state index contributed by atoms with van der Waals surface area (Å²) < 4.78 is 4.74. The number of hydrogen-bond acceptors (Lipinski definition) is 11. The van der Waals surface area contributed by atoms with E-state index in [0.29, 0.717) is 23.1 Å². The molecular formula is C33H35N3O10. The summed E-state index contributed by atoms with van der Waals surface area (Å²) in [6.45, 7) is 1.72. The number of Topliss-reactive ketones (excluding diaryl/α,β-unsaturated/α-hetero) is 4. The van der Waals surface area contributed by atoms with Crippen LogP contribution in [-0.2, 0) is 35.1 Å². The number of phenolic OH excluding ortho intramolecular Hbond substituents is 1. The molecule has 0 aliphatic heterocycles. The highest BCUT2D eigenvalue weighted by molar-refractivity contribution is 6.32. The van der Waals surface area contributed by atoms with E-state index in [0.717, 1.165) is 0 Å². The Morgan fingerprint density at radius 1 is 1.11 bits per heavy atom. The molecule has 7 atom stereocenters. The minimum absolute atomic E-state index is 0.0618. The number of carbonyl (C=O) groups excluding carboxylic acids is 7. The molecule has 2 saturated carbocycles. The second-order valence-corrected chi connectivity index (χ2v) is 12.3. The largest absolute Gasteiger partial charge is 0.507 e. The molecule has 0 aromatic heterocycles. The Labute approximate surface area is 264 Å². The number of carbonyl (C=O) groups is 7. The third kappa shape index (κ3) is 4.90. The molecular weight excluding hydrogens is 598 g/mol. The molecule has 3 aliphatic carbocycles. The highest BCUT2D eigenvalue weighted by Crippen LogP contribution is 2.51. The van der Waals surface area contributed by atoms with Gasteiger partial charge >= 0.3 is 5.97 Å². The van der Waals surface area contributed by atoms with Crippen molar-refractivity contribution in [2.75, 3.05) is 21.2 Å². The zero-order chi connectivity index (χ0) is 33.8. The average molecular weight is 634 g/mol. The molecule has 0 bridgehead atoms. The van der Waals surface area contributed by atoms with Gasteiger partial charge in [0.2, 0.25) is 5.91 Å². The normalized spacial score (nSPS) is 27.7. The quantitative estimate of drug-likeness (QED) is 0.239. The fourth-order valence-electron chi connectivity index (χ4n) is 7.41. The Morgan fingerprint density at radius 3 is 2.41 bits per heavy atom. The lowest BCUT2D eigenvalue weighted by molar-refractivity contribution is -0.181. The zero-order valence-corrected chi connectivity index (χ0v) is 25.7. The zero-order valence-electron chi connectivity index (χ0n) is 25.7. The van der Waals surface area contributed by atoms with Crippen molar-refractivity contribution in [1.82, 2.24) is 10.2 Å². The van der Waals surface area contributed by atoms with Crippen LogP contribution in [0.1, 0.15) is 46.0 Å². The second-order valence-electron chi connectivity index (χ2n) is 12.3. The van der Waals surface area contributed by atoms with Gasteiger partial charge in [0.05, 0.1) is 24.6 Å². The standard InChI is InChI=1S/C33H35N3O10/c1-5-20(32(44)46-4)35-31(43)15-8-6-7-14(11-15)17-9-10-21(37)23-18(17)12-16-13-19-25(36(2)3)27(39)24(30(34)42)29(41)33(19,45)28(40)22(16)26(23)38/h6-11,16,19-20,22,24-25,37,45H,5,12-13H2,1-4H3,(H2,34,42)(H,35,43)/t16-,19-,20?,22?,24?,25-,33-/m0/s1. The van der Waals surface area contributed by atoms with Crippen LogP contribution >= 0.6 is 0 Å². The number of fused-ring (bicyclic) bond motifs is 3. The van der Waals surface area contributed by atoms with Crippen LogP contribution in [0, 0.1) is 23.7 Å². The van der Waals surface area contributed by atoms with Gasteiger partial charge in [-0.15, -0.1) is 0 Å². The summed E-state index contributed by atoms with van der Waals surface area (Å²) in [5.41, 5.74) is 4.02. The predicted octanol–water partition coefficient (Wildman–Crippen LogP) is 0.215. The number of methoxy groups -OCH3 is 1. The minimum Gasteiger partial charge on any atom is -0.507 e. The van der Waals surface area contributed by atoms with Gasteiger partial charge in [0.1, 0.15) is 11.8 Å². The van der Waals surface area contributed by atoms with Crippen molar-refractivity contribution in [2.45, 2.75) is 43.9 Å². The molecule has 0 radical (unpaired) electrons. The number of aromatic hydroxyl groups is 1. The van der Waals surface area contributed by atoms with E-state index < -0.39 is 88.0 Å². The molecule has 0 spiro atoms. The summed E-state index contributed by atoms with van der Waals surface area (Å²) in [6.07, 6.45) is 0.276. The van der Waals surface area contributed by atoms with Crippen LogP contribution in [0.2, 0.25) is 0 Å². The summed E-state index contributed by atoms with van der Waals surface area (Å²) in [5, 5.41) is 25.2. The summed E-state index contributed by atoms with van der Waals surface area (Å²) in [7, 11) is 4.25. The Kier molecular flexibility index (Phi) is 8.43. The van der Waals surface area contributed by atoms with Gasteiger partial charge in [-0.2, -0.15) is 0 Å². The Balaban J connectivity index is 1.57. The fourth-order valence-corrected chi connectivity index (χ4v) is 7.41. The molecule has 3 aliphatic rings. The first kappa shape index (κ1) is 32.6. The Bertz CT molecular complexity index is 1700. The molecule has 3 unspecified atom stereocenters. The molecule has 46 heavy (non-hydrogen) atoms. The number of likely N-dealkylation sites (N-methyl/N-ethyl adjacent to an activating group) is 1. The number of primary amides is 1. The molecule has 2 fully saturated rings. The molecule has 2 aromatic rings. The van der Waals surface area contributed by atoms with E-state index in [2.05, 4.69) is 5.32 Å². The van der Waals surface area contributed by atoms with Crippen LogP contribution in [0.5, 0.6) is 5.75 Å². The summed E-state index contributed by atoms with van der Waals surface area (Å²) >= 11 is 0. The first-order valence-corrected chi connectivity index (χ1v) is 14.9. The number of nitrogens with one attached hydrogen (secondary N) is 1. The number of benzene rings is 2. The molecule has 0 saturated heterocycles. The molecule has 2 amide bonds. The maximum atomic E-state index is 14.0. The van der Waals surface area contributed by atoms with Crippen LogP contribution < -0.4 is 11.1 Å². The predicted molar refractivity (Wildman–Crippen MR) is 160 cm³/mol. The number of esters is 1. The van der Waals surface area contributed by atoms with Gasteiger partial charge in [-0.3, -0.25) is 33.7 Å². The van der Waals surface area contributed by atoms with Crippen LogP contribution in [0.3, 0.4) is 0 Å². The monoisotopic (exact) mass is 633 g/mol. The molecule has 13 heteroatoms. The number of phenols is 1. The van der Waals surface area contributed by atoms with Gasteiger partial charge < -0.3 is 26.0 Å². The fraction of sp³-hybridized carbons (Fsp3) is 0.424. The van der Waals surface area contributed by atoms with Crippen molar-refractivity contribution in [3.05, 3.63) is 53.1 Å². The first-order chi connectivity index (χ1) is 21.7. The number of hydrogen-bond donors (Lipinski definition) is 4. The number of nitrogens with two attached hydrogens (primary N) is 1. The van der Waals surface area contributed by atoms with E-state index in [4.69, 9.17) is 10.5 Å². The van der Waals surface area contributed by atoms with Gasteiger partial charge in [0.25, 0.3) is 5.91 Å². The van der Waals surface area contributed by atoms with Gasteiger partial charge in [-0.25, -0.2) is 4.79 Å². The molecule has 2 aromatic carbocycles. The van der Waals surface area contributed by atoms with E-state index >= 15 is 0 Å². The molecule has 5 rings (SSSR count). The lowest BCUT2D eigenvalue weighted by atomic mass is 9.52. The molecule has 5 N–H and O–H groups in total. The highest BCUT2D eigenvalue weighted by Gasteiger charge is 2.69. The number of aliphatic hydroxyl groups is 1. The third-order valence-corrected chi connectivity index (χ3v) is 9.58. The van der Waals surface area contributed by atoms with Gasteiger partial charge in [0.15, 0.2) is 34.7 Å². The van der Waals surface area contributed by atoms with Crippen LogP contribution in [0.25, 0.3) is 11.1 Å². The lowest BCUT2D eigenvalue weighted by Gasteiger charge is -2.52. The lowest BCUT2D eigenvalue weighted by Crippen LogP contribution is -2.74. The third-order valence-electron chi connectivity index (χ3n) is 9.58. The summed E-state index contributed by atoms with van der Waals surface area (Å²) in [4.78, 5) is 93.4. The van der Waals surface area contributed by atoms with Crippen molar-refractivity contribution in [2.24, 2.45) is 29.4 Å². The second kappa shape index (κ2) is 11.9. The van der Waals surface area contributed by atoms with E-state index in [1.807, 2.05) is 0 Å². The Morgan fingerprint density at radius 2 is 1.80 bits per heavy atom. The molecule has 0 heterocycles. The number of amides is 2. The number of rotatable bonds is 7. The van der Waals surface area contributed by atoms with Crippen LogP contribution in [0.4, 0.5) is 0 Å². The topological polar surface area (TPSA) is 210 Å². The summed E-state index contributed by atoms with van der Waals surface area (Å²) in [5.74, 6) is -12.5. The van der Waals surface area contributed by atoms with Gasteiger partial charge in [-0.05, 0) is 74.2 Å². The highest BCUT2D eigenvalue weighted by atomic mass is 16.5. The van der Waals surface area contributed by atoms with Gasteiger partial charge in [0, 0.05) is 11.5 Å². The van der Waals surface area contributed by atoms with Crippen molar-refractivity contribution in [3.8, 4) is 16.9 Å². The van der Waals surface area contributed by atoms with E-state index in [1.54, 1.807) is 37.3 Å². The van der Waals surface area contributed by atoms with Crippen molar-refractivity contribution in [3.63, 3.8) is 0 Å². The number of ketones is 4. The average Bonchev–Trinajstić information content (AvgIpc) is 3.01. The maximum absolute atomic E-state index is 14.0. The van der Waals surface area contributed by atoms with Crippen LogP contribution in [0.15, 0.2) is 36.4 Å². The summed E-state index contributed by atoms with van der Waals surface area (Å²) in [6, 6.07) is 7.23. The van der Waals surface area contributed by atoms with E-state index in [9.17, 15) is 43.8 Å². The smallest absolute Gasteiger partial charge is 0.328 e. The number of ether oxygens (including phenoxy) is 1. The van der Waals surface area contributed by atoms with Crippen molar-refractivity contribution in [1.29, 1.82) is 0 Å². The van der Waals surface area contributed by atoms with Crippen LogP contribution in [-0.4, -0.2) is 94.9 Å². The molecule has 242 valence electrons. The minimum atomic E-state index is -2.81. The number of nitrogens with zero attached hydrogens (tertiary/aromatic N) is 1. The first-order valence-electron chi connectivity index (χ1n) is 14.9. The van der Waals surface area contributed by atoms with E-state index in [1.165, 1.54) is 32.2 Å². The van der Waals surface area contributed by atoms with E-state index in [-0.39, 0.29) is 24.0 Å². The van der Waals surface area contributed by atoms with Crippen molar-refractivity contribution >= 4 is 40.9 Å². The van der Waals surface area contributed by atoms with Crippen molar-refractivity contribution < 1.29 is 48.5 Å². The maximum Gasteiger partial charge on any atom is 0.328 e. The Hall–Kier alpha value is -4.75. The van der Waals surface area contributed by atoms with Gasteiger partial charge in [-0.1, -0.05) is 25.1 Å².